The molecule has 294 valence electrons. The number of nitrogens with zero attached hydrogens (tertiary/aromatic N) is 5. The molecule has 2 aromatic heterocycles. The van der Waals surface area contributed by atoms with Gasteiger partial charge in [0.25, 0.3) is 5.56 Å². The van der Waals surface area contributed by atoms with Gasteiger partial charge in [-0.05, 0) is 38.5 Å². The van der Waals surface area contributed by atoms with Gasteiger partial charge in [-0.2, -0.15) is 4.98 Å². The second-order valence-electron chi connectivity index (χ2n) is 12.4. The standard InChI is InChI=1S/C35H37Cl2N5O13/c1-8-49-35(48)26-15(2)51-32-28(27(26)23-10-9-21(36)11-24(23)37)33(47)41(16(3)38-32)12-22-13-42(40-39-22)34-31(54-20(7)46)30(53-19(6)45)29(52-18(5)44)25(55-34)14-50-17(4)43/h9-11,13,25,27,29-31,34H,8,12,14H2,1-7H3/t25-,27?,29-,30+,31-,34-/m1/s1. The number of aromatic nitrogens is 5. The number of carbonyl (C=O) groups excluding carboxylic acids is 5. The summed E-state index contributed by atoms with van der Waals surface area (Å²) in [4.78, 5) is 80.8. The first kappa shape index (κ1) is 40.8. The fourth-order valence-electron chi connectivity index (χ4n) is 6.32. The average Bonchev–Trinajstić information content (AvgIpc) is 3.55. The van der Waals surface area contributed by atoms with Crippen molar-refractivity contribution in [3.05, 3.63) is 78.8 Å². The number of ether oxygens (including phenoxy) is 7. The van der Waals surface area contributed by atoms with Crippen LogP contribution in [0.25, 0.3) is 0 Å². The monoisotopic (exact) mass is 805 g/mol. The topological polar surface area (TPSA) is 216 Å². The van der Waals surface area contributed by atoms with Gasteiger partial charge in [0.05, 0.1) is 36.4 Å². The van der Waals surface area contributed by atoms with Gasteiger partial charge in [0.15, 0.2) is 24.5 Å². The van der Waals surface area contributed by atoms with Gasteiger partial charge < -0.3 is 33.2 Å². The van der Waals surface area contributed by atoms with Crippen molar-refractivity contribution in [2.75, 3.05) is 13.2 Å². The third kappa shape index (κ3) is 8.98. The molecule has 2 aliphatic heterocycles. The van der Waals surface area contributed by atoms with E-state index in [2.05, 4.69) is 15.3 Å². The number of fused-ring (bicyclic) bond motifs is 1. The van der Waals surface area contributed by atoms with Gasteiger partial charge in [0.1, 0.15) is 30.0 Å². The van der Waals surface area contributed by atoms with E-state index in [1.54, 1.807) is 32.9 Å². The van der Waals surface area contributed by atoms with Crippen LogP contribution in [0.15, 0.2) is 40.5 Å². The largest absolute Gasteiger partial charge is 0.463 e. The molecule has 1 fully saturated rings. The van der Waals surface area contributed by atoms with Crippen LogP contribution in [0.1, 0.15) is 76.3 Å². The summed E-state index contributed by atoms with van der Waals surface area (Å²) in [5.74, 6) is -4.53. The van der Waals surface area contributed by atoms with E-state index in [1.165, 1.54) is 16.8 Å². The van der Waals surface area contributed by atoms with Crippen molar-refractivity contribution in [1.29, 1.82) is 0 Å². The van der Waals surface area contributed by atoms with Crippen LogP contribution < -0.4 is 10.3 Å². The van der Waals surface area contributed by atoms with Crippen molar-refractivity contribution < 1.29 is 57.1 Å². The van der Waals surface area contributed by atoms with Crippen molar-refractivity contribution in [2.24, 2.45) is 0 Å². The molecule has 2 aliphatic rings. The van der Waals surface area contributed by atoms with E-state index < -0.39 is 78.6 Å². The Morgan fingerprint density at radius 3 is 2.16 bits per heavy atom. The Bertz CT molecular complexity index is 2120. The molecule has 0 amide bonds. The molecular weight excluding hydrogens is 769 g/mol. The lowest BCUT2D eigenvalue weighted by Gasteiger charge is -2.44. The van der Waals surface area contributed by atoms with Crippen molar-refractivity contribution in [1.82, 2.24) is 24.5 Å². The molecule has 18 nitrogen and oxygen atoms in total. The molecule has 4 heterocycles. The quantitative estimate of drug-likeness (QED) is 0.201. The minimum Gasteiger partial charge on any atom is -0.463 e. The lowest BCUT2D eigenvalue weighted by molar-refractivity contribution is -0.270. The number of hydrogen-bond acceptors (Lipinski definition) is 16. The Kier molecular flexibility index (Phi) is 12.6. The van der Waals surface area contributed by atoms with Crippen LogP contribution in [0.3, 0.4) is 0 Å². The van der Waals surface area contributed by atoms with E-state index in [0.29, 0.717) is 10.6 Å². The first-order valence-corrected chi connectivity index (χ1v) is 17.6. The van der Waals surface area contributed by atoms with Crippen LogP contribution in [0, 0.1) is 6.92 Å². The highest BCUT2D eigenvalue weighted by Crippen LogP contribution is 2.44. The third-order valence-corrected chi connectivity index (χ3v) is 9.00. The second-order valence-corrected chi connectivity index (χ2v) is 13.3. The maximum absolute atomic E-state index is 14.5. The summed E-state index contributed by atoms with van der Waals surface area (Å²) in [6, 6.07) is 4.65. The van der Waals surface area contributed by atoms with E-state index in [0.717, 1.165) is 32.4 Å². The number of hydrogen-bond donors (Lipinski definition) is 0. The van der Waals surface area contributed by atoms with Gasteiger partial charge in [-0.15, -0.1) is 5.10 Å². The van der Waals surface area contributed by atoms with E-state index in [4.69, 9.17) is 56.4 Å². The fourth-order valence-corrected chi connectivity index (χ4v) is 6.84. The van der Waals surface area contributed by atoms with E-state index in [-0.39, 0.29) is 52.5 Å². The van der Waals surface area contributed by atoms with Crippen LogP contribution in [0.2, 0.25) is 10.0 Å². The molecule has 1 aromatic carbocycles. The molecule has 0 bridgehead atoms. The molecule has 0 saturated carbocycles. The first-order valence-electron chi connectivity index (χ1n) is 16.8. The number of halogens is 2. The molecule has 3 aromatic rings. The Morgan fingerprint density at radius 1 is 0.891 bits per heavy atom. The van der Waals surface area contributed by atoms with Crippen LogP contribution in [0.5, 0.6) is 5.88 Å². The van der Waals surface area contributed by atoms with E-state index >= 15 is 0 Å². The highest BCUT2D eigenvalue weighted by Gasteiger charge is 2.53. The summed E-state index contributed by atoms with van der Waals surface area (Å²) in [6.45, 7) is 8.61. The Morgan fingerprint density at radius 2 is 1.55 bits per heavy atom. The maximum Gasteiger partial charge on any atom is 0.338 e. The van der Waals surface area contributed by atoms with Crippen molar-refractivity contribution >= 4 is 53.0 Å². The fraction of sp³-hybridized carbons (Fsp3) is 0.457. The Hall–Kier alpha value is -5.33. The third-order valence-electron chi connectivity index (χ3n) is 8.44. The predicted octanol–water partition coefficient (Wildman–Crippen LogP) is 3.12. The molecule has 1 saturated heterocycles. The van der Waals surface area contributed by atoms with Crippen molar-refractivity contribution in [3.8, 4) is 5.88 Å². The lowest BCUT2D eigenvalue weighted by Crippen LogP contribution is -2.60. The second kappa shape index (κ2) is 17.0. The molecule has 1 unspecified atom stereocenters. The zero-order valence-corrected chi connectivity index (χ0v) is 32.2. The molecule has 6 atom stereocenters. The van der Waals surface area contributed by atoms with Gasteiger partial charge in [-0.3, -0.25) is 28.5 Å². The summed E-state index contributed by atoms with van der Waals surface area (Å²) in [5, 5.41) is 8.87. The van der Waals surface area contributed by atoms with Crippen LogP contribution in [-0.4, -0.2) is 92.0 Å². The molecular formula is C35H37Cl2N5O13. The maximum atomic E-state index is 14.5. The molecule has 0 radical (unpaired) electrons. The van der Waals surface area contributed by atoms with E-state index in [1.807, 2.05) is 0 Å². The van der Waals surface area contributed by atoms with Crippen LogP contribution >= 0.6 is 23.2 Å². The summed E-state index contributed by atoms with van der Waals surface area (Å²) in [7, 11) is 0. The first-order chi connectivity index (χ1) is 26.0. The van der Waals surface area contributed by atoms with Gasteiger partial charge in [0, 0.05) is 37.7 Å². The number of benzene rings is 1. The Labute approximate surface area is 323 Å². The minimum absolute atomic E-state index is 0.00421. The van der Waals surface area contributed by atoms with Gasteiger partial charge in [-0.1, -0.05) is 34.5 Å². The number of carbonyl (C=O) groups is 5. The highest BCUT2D eigenvalue weighted by atomic mass is 35.5. The van der Waals surface area contributed by atoms with Crippen molar-refractivity contribution in [2.45, 2.75) is 91.6 Å². The van der Waals surface area contributed by atoms with E-state index in [9.17, 15) is 28.8 Å². The molecule has 20 heteroatoms. The summed E-state index contributed by atoms with van der Waals surface area (Å²) in [5.41, 5.74) is -0.00975. The Balaban J connectivity index is 1.58. The number of rotatable bonds is 11. The molecule has 0 aliphatic carbocycles. The smallest absolute Gasteiger partial charge is 0.338 e. The number of aryl methyl sites for hydroxylation is 1. The van der Waals surface area contributed by atoms with Gasteiger partial charge in [0.2, 0.25) is 5.88 Å². The minimum atomic E-state index is -1.46. The van der Waals surface area contributed by atoms with Crippen LogP contribution in [-0.2, 0) is 58.9 Å². The lowest BCUT2D eigenvalue weighted by atomic mass is 9.83. The molecule has 0 spiro atoms. The summed E-state index contributed by atoms with van der Waals surface area (Å²) in [6.07, 6.45) is -5.53. The zero-order chi connectivity index (χ0) is 40.3. The number of allylic oxidation sites excluding steroid dienone is 1. The van der Waals surface area contributed by atoms with Gasteiger partial charge >= 0.3 is 29.8 Å². The summed E-state index contributed by atoms with van der Waals surface area (Å²) >= 11 is 12.8. The highest BCUT2D eigenvalue weighted by molar-refractivity contribution is 6.35. The normalized spacial score (nSPS) is 21.8. The molecule has 0 N–H and O–H groups in total. The average molecular weight is 807 g/mol. The number of esters is 5. The molecule has 5 rings (SSSR count). The van der Waals surface area contributed by atoms with Gasteiger partial charge in [-0.25, -0.2) is 9.48 Å². The summed E-state index contributed by atoms with van der Waals surface area (Å²) < 4.78 is 41.5. The zero-order valence-electron chi connectivity index (χ0n) is 30.7. The van der Waals surface area contributed by atoms with Crippen molar-refractivity contribution in [3.63, 3.8) is 0 Å². The molecule has 55 heavy (non-hydrogen) atoms. The van der Waals surface area contributed by atoms with Crippen LogP contribution in [0.4, 0.5) is 0 Å². The predicted molar refractivity (Wildman–Crippen MR) is 188 cm³/mol. The SMILES string of the molecule is CCOC(=O)C1=C(C)Oc2nc(C)n(Cc3cn([C@@H]4O[C@H](COC(C)=O)[C@@H](OC(C)=O)[C@H](OC(C)=O)[C@H]4OC(C)=O)nn3)c(=O)c2C1c1ccc(Cl)cc1Cl.